The van der Waals surface area contributed by atoms with Crippen molar-refractivity contribution >= 4 is 5.91 Å². The summed E-state index contributed by atoms with van der Waals surface area (Å²) < 4.78 is 5.22. The van der Waals surface area contributed by atoms with E-state index in [1.54, 1.807) is 7.11 Å². The Bertz CT molecular complexity index is 689. The second kappa shape index (κ2) is 7.05. The molecular formula is C18H24N4O2. The largest absolute Gasteiger partial charge is 0.497 e. The number of ether oxygens (including phenoxy) is 1. The molecule has 6 nitrogen and oxygen atoms in total. The minimum Gasteiger partial charge on any atom is -0.497 e. The molecule has 1 aromatic heterocycles. The molecule has 0 spiro atoms. The van der Waals surface area contributed by atoms with Crippen LogP contribution < -0.4 is 10.1 Å². The van der Waals surface area contributed by atoms with Gasteiger partial charge in [-0.05, 0) is 31.5 Å². The number of nitrogens with zero attached hydrogens (tertiary/aromatic N) is 2. The second-order valence-corrected chi connectivity index (χ2v) is 6.17. The molecule has 1 aliphatic rings. The van der Waals surface area contributed by atoms with E-state index in [1.807, 2.05) is 43.0 Å². The van der Waals surface area contributed by atoms with Crippen LogP contribution >= 0.6 is 0 Å². The maximum Gasteiger partial charge on any atom is 0.227 e. The smallest absolute Gasteiger partial charge is 0.227 e. The molecule has 0 radical (unpaired) electrons. The number of carbonyl (C=O) groups is 1. The van der Waals surface area contributed by atoms with Crippen molar-refractivity contribution in [1.29, 1.82) is 0 Å². The van der Waals surface area contributed by atoms with E-state index in [9.17, 15) is 4.79 Å². The van der Waals surface area contributed by atoms with E-state index >= 15 is 0 Å². The molecule has 2 aromatic rings. The van der Waals surface area contributed by atoms with Crippen molar-refractivity contribution in [2.75, 3.05) is 26.7 Å². The number of benzene rings is 1. The Morgan fingerprint density at radius 1 is 1.33 bits per heavy atom. The maximum absolute atomic E-state index is 12.9. The van der Waals surface area contributed by atoms with Crippen LogP contribution in [0.25, 0.3) is 0 Å². The van der Waals surface area contributed by atoms with E-state index in [0.29, 0.717) is 13.0 Å². The van der Waals surface area contributed by atoms with Crippen LogP contribution in [-0.2, 0) is 11.2 Å². The summed E-state index contributed by atoms with van der Waals surface area (Å²) in [7, 11) is 1.66. The fraction of sp³-hybridized carbons (Fsp3) is 0.444. The molecule has 1 atom stereocenters. The van der Waals surface area contributed by atoms with Gasteiger partial charge in [0.15, 0.2) is 0 Å². The van der Waals surface area contributed by atoms with Crippen LogP contribution in [0.4, 0.5) is 0 Å². The molecule has 1 unspecified atom stereocenters. The average molecular weight is 328 g/mol. The number of aryl methyl sites for hydroxylation is 2. The fourth-order valence-electron chi connectivity index (χ4n) is 3.21. The number of hydrogen-bond donors (Lipinski definition) is 2. The number of aromatic nitrogens is 2. The van der Waals surface area contributed by atoms with Gasteiger partial charge in [-0.15, -0.1) is 0 Å². The summed E-state index contributed by atoms with van der Waals surface area (Å²) in [6.07, 6.45) is 0.390. The van der Waals surface area contributed by atoms with Crippen LogP contribution in [0.15, 0.2) is 24.3 Å². The second-order valence-electron chi connectivity index (χ2n) is 6.17. The number of methoxy groups -OCH3 is 1. The van der Waals surface area contributed by atoms with E-state index < -0.39 is 0 Å². The number of H-pyrrole nitrogens is 1. The van der Waals surface area contributed by atoms with Gasteiger partial charge in [-0.25, -0.2) is 0 Å². The monoisotopic (exact) mass is 328 g/mol. The van der Waals surface area contributed by atoms with Gasteiger partial charge in [0.2, 0.25) is 5.91 Å². The van der Waals surface area contributed by atoms with Gasteiger partial charge in [0.25, 0.3) is 0 Å². The summed E-state index contributed by atoms with van der Waals surface area (Å²) in [6.45, 7) is 6.20. The Morgan fingerprint density at radius 2 is 2.08 bits per heavy atom. The third-order valence-electron chi connectivity index (χ3n) is 4.67. The first kappa shape index (κ1) is 16.5. The van der Waals surface area contributed by atoms with Gasteiger partial charge < -0.3 is 15.0 Å². The van der Waals surface area contributed by atoms with Crippen molar-refractivity contribution in [1.82, 2.24) is 20.4 Å². The van der Waals surface area contributed by atoms with Crippen molar-refractivity contribution in [3.63, 3.8) is 0 Å². The first-order valence-electron chi connectivity index (χ1n) is 8.24. The Kier molecular flexibility index (Phi) is 4.85. The van der Waals surface area contributed by atoms with E-state index in [1.165, 1.54) is 0 Å². The minimum absolute atomic E-state index is 0.0460. The molecule has 128 valence electrons. The summed E-state index contributed by atoms with van der Waals surface area (Å²) in [5, 5.41) is 10.5. The van der Waals surface area contributed by atoms with Crippen LogP contribution in [0.1, 0.15) is 28.6 Å². The molecule has 0 bridgehead atoms. The lowest BCUT2D eigenvalue weighted by Crippen LogP contribution is -2.49. The van der Waals surface area contributed by atoms with E-state index in [4.69, 9.17) is 4.74 Å². The van der Waals surface area contributed by atoms with Gasteiger partial charge >= 0.3 is 0 Å². The molecule has 2 N–H and O–H groups in total. The Morgan fingerprint density at radius 3 is 2.71 bits per heavy atom. The molecule has 1 amide bonds. The predicted molar refractivity (Wildman–Crippen MR) is 92.1 cm³/mol. The van der Waals surface area contributed by atoms with Gasteiger partial charge in [0.1, 0.15) is 5.75 Å². The van der Waals surface area contributed by atoms with Gasteiger partial charge in [0, 0.05) is 30.9 Å². The Balaban J connectivity index is 1.79. The lowest BCUT2D eigenvalue weighted by Gasteiger charge is -2.36. The number of amides is 1. The fourth-order valence-corrected chi connectivity index (χ4v) is 3.21. The highest BCUT2D eigenvalue weighted by Gasteiger charge is 2.28. The summed E-state index contributed by atoms with van der Waals surface area (Å²) in [6, 6.07) is 7.99. The number of carbonyl (C=O) groups excluding carboxylic acids is 1. The molecule has 0 aliphatic carbocycles. The minimum atomic E-state index is 0.0460. The summed E-state index contributed by atoms with van der Waals surface area (Å²) in [5.41, 5.74) is 4.00. The standard InChI is InChI=1S/C18H24N4O2/c1-12-16(13(2)21-20-12)10-18(23)22-9-8-19-11-17(22)14-4-6-15(24-3)7-5-14/h4-7,17,19H,8-11H2,1-3H3,(H,20,21). The van der Waals surface area contributed by atoms with Gasteiger partial charge in [-0.2, -0.15) is 5.10 Å². The quantitative estimate of drug-likeness (QED) is 0.897. The van der Waals surface area contributed by atoms with Crippen LogP contribution in [0.3, 0.4) is 0 Å². The Labute approximate surface area is 142 Å². The van der Waals surface area contributed by atoms with Gasteiger partial charge in [-0.3, -0.25) is 9.89 Å². The number of rotatable bonds is 4. The molecule has 1 saturated heterocycles. The highest BCUT2D eigenvalue weighted by molar-refractivity contribution is 5.80. The highest BCUT2D eigenvalue weighted by atomic mass is 16.5. The molecule has 1 aliphatic heterocycles. The number of piperazine rings is 1. The van der Waals surface area contributed by atoms with Crippen molar-refractivity contribution in [3.05, 3.63) is 46.8 Å². The molecule has 1 fully saturated rings. The predicted octanol–water partition coefficient (Wildman–Crippen LogP) is 1.75. The zero-order valence-corrected chi connectivity index (χ0v) is 14.4. The van der Waals surface area contributed by atoms with Gasteiger partial charge in [-0.1, -0.05) is 12.1 Å². The number of aromatic amines is 1. The van der Waals surface area contributed by atoms with Crippen LogP contribution in [-0.4, -0.2) is 47.7 Å². The number of nitrogens with one attached hydrogen (secondary N) is 2. The van der Waals surface area contributed by atoms with E-state index in [0.717, 1.165) is 41.4 Å². The van der Waals surface area contributed by atoms with Crippen molar-refractivity contribution < 1.29 is 9.53 Å². The zero-order valence-electron chi connectivity index (χ0n) is 14.4. The maximum atomic E-state index is 12.9. The molecule has 24 heavy (non-hydrogen) atoms. The highest BCUT2D eigenvalue weighted by Crippen LogP contribution is 2.25. The molecule has 1 aromatic carbocycles. The molecule has 2 heterocycles. The third-order valence-corrected chi connectivity index (χ3v) is 4.67. The summed E-state index contributed by atoms with van der Waals surface area (Å²) in [4.78, 5) is 14.9. The third kappa shape index (κ3) is 3.28. The average Bonchev–Trinajstić information content (AvgIpc) is 2.93. The topological polar surface area (TPSA) is 70.2 Å². The first-order chi connectivity index (χ1) is 11.6. The molecule has 3 rings (SSSR count). The van der Waals surface area contributed by atoms with Crippen LogP contribution in [0.5, 0.6) is 5.75 Å². The lowest BCUT2D eigenvalue weighted by molar-refractivity contribution is -0.133. The molecule has 0 saturated carbocycles. The van der Waals surface area contributed by atoms with E-state index in [2.05, 4.69) is 15.5 Å². The first-order valence-corrected chi connectivity index (χ1v) is 8.24. The van der Waals surface area contributed by atoms with Crippen molar-refractivity contribution in [3.8, 4) is 5.75 Å². The Hall–Kier alpha value is -2.34. The number of hydrogen-bond acceptors (Lipinski definition) is 4. The van der Waals surface area contributed by atoms with E-state index in [-0.39, 0.29) is 11.9 Å². The van der Waals surface area contributed by atoms with Crippen molar-refractivity contribution in [2.45, 2.75) is 26.3 Å². The molecular weight excluding hydrogens is 304 g/mol. The SMILES string of the molecule is COc1ccc(C2CNCCN2C(=O)Cc2c(C)n[nH]c2C)cc1. The molecule has 6 heteroatoms. The summed E-state index contributed by atoms with van der Waals surface area (Å²) in [5.74, 6) is 0.968. The normalized spacial score (nSPS) is 17.8. The zero-order chi connectivity index (χ0) is 17.1. The van der Waals surface area contributed by atoms with Crippen molar-refractivity contribution in [2.24, 2.45) is 0 Å². The summed E-state index contributed by atoms with van der Waals surface area (Å²) >= 11 is 0. The lowest BCUT2D eigenvalue weighted by atomic mass is 10.0. The van der Waals surface area contributed by atoms with Crippen LogP contribution in [0, 0.1) is 13.8 Å². The van der Waals surface area contributed by atoms with Gasteiger partial charge in [0.05, 0.1) is 25.3 Å². The van der Waals surface area contributed by atoms with Crippen LogP contribution in [0.2, 0.25) is 0 Å².